The van der Waals surface area contributed by atoms with E-state index in [4.69, 9.17) is 4.74 Å². The summed E-state index contributed by atoms with van der Waals surface area (Å²) in [5.41, 5.74) is 1.30. The van der Waals surface area contributed by atoms with Crippen molar-refractivity contribution in [2.24, 2.45) is 0 Å². The van der Waals surface area contributed by atoms with Crippen LogP contribution in [0.3, 0.4) is 0 Å². The van der Waals surface area contributed by atoms with Crippen LogP contribution >= 0.6 is 11.8 Å². The fourth-order valence-electron chi connectivity index (χ4n) is 1.65. The van der Waals surface area contributed by atoms with Gasteiger partial charge in [0.25, 0.3) is 0 Å². The van der Waals surface area contributed by atoms with Gasteiger partial charge >= 0.3 is 0 Å². The van der Waals surface area contributed by atoms with Gasteiger partial charge in [0.05, 0.1) is 12.6 Å². The molecule has 0 heterocycles. The number of likely N-dealkylation sites (N-methyl/N-ethyl adjacent to an activating group) is 1. The van der Waals surface area contributed by atoms with Crippen molar-refractivity contribution in [3.05, 3.63) is 29.8 Å². The molecule has 1 unspecified atom stereocenters. The second kappa shape index (κ2) is 8.56. The zero-order valence-electron chi connectivity index (χ0n) is 11.0. The molecule has 0 saturated heterocycles. The molecule has 0 radical (unpaired) electrons. The Morgan fingerprint density at radius 2 is 1.94 bits per heavy atom. The first-order valence-electron chi connectivity index (χ1n) is 6.29. The van der Waals surface area contributed by atoms with Crippen molar-refractivity contribution in [2.45, 2.75) is 31.2 Å². The molecular formula is C14H23NOS. The Morgan fingerprint density at radius 3 is 2.47 bits per heavy atom. The predicted octanol–water partition coefficient (Wildman–Crippen LogP) is 3.49. The summed E-state index contributed by atoms with van der Waals surface area (Å²) in [6.45, 7) is 5.88. The van der Waals surface area contributed by atoms with Crippen LogP contribution in [0.15, 0.2) is 29.2 Å². The summed E-state index contributed by atoms with van der Waals surface area (Å²) in [5, 5.41) is 3.30. The average Bonchev–Trinajstić information content (AvgIpc) is 2.36. The van der Waals surface area contributed by atoms with Crippen molar-refractivity contribution >= 4 is 11.8 Å². The Kier molecular flexibility index (Phi) is 7.33. The van der Waals surface area contributed by atoms with Crippen LogP contribution in [0.1, 0.15) is 31.9 Å². The fourth-order valence-corrected chi connectivity index (χ4v) is 2.32. The first-order chi connectivity index (χ1) is 8.31. The van der Waals surface area contributed by atoms with Gasteiger partial charge in [-0.15, -0.1) is 11.8 Å². The van der Waals surface area contributed by atoms with Gasteiger partial charge in [-0.2, -0.15) is 0 Å². The molecule has 0 saturated carbocycles. The van der Waals surface area contributed by atoms with Crippen molar-refractivity contribution in [2.75, 3.05) is 26.0 Å². The van der Waals surface area contributed by atoms with Gasteiger partial charge < -0.3 is 10.1 Å². The molecule has 0 aliphatic heterocycles. The highest BCUT2D eigenvalue weighted by Gasteiger charge is 2.08. The Hall–Kier alpha value is -0.510. The van der Waals surface area contributed by atoms with Crippen molar-refractivity contribution in [3.8, 4) is 0 Å². The molecule has 0 bridgehead atoms. The van der Waals surface area contributed by atoms with E-state index in [1.54, 1.807) is 0 Å². The van der Waals surface area contributed by atoms with Crippen LogP contribution in [0.25, 0.3) is 0 Å². The summed E-state index contributed by atoms with van der Waals surface area (Å²) in [4.78, 5) is 1.33. The van der Waals surface area contributed by atoms with Gasteiger partial charge in [0.2, 0.25) is 0 Å². The standard InChI is InChI=1S/C14H23NOS/c1-4-10-16-11-14(15-3)12-6-8-13(9-7-12)17-5-2/h6-9,14-15H,4-5,10-11H2,1-3H3. The lowest BCUT2D eigenvalue weighted by molar-refractivity contribution is 0.114. The van der Waals surface area contributed by atoms with Gasteiger partial charge in [-0.3, -0.25) is 0 Å². The zero-order valence-corrected chi connectivity index (χ0v) is 11.8. The molecule has 0 aromatic heterocycles. The van der Waals surface area contributed by atoms with Crippen LogP contribution in [-0.4, -0.2) is 26.0 Å². The van der Waals surface area contributed by atoms with Crippen LogP contribution in [0.5, 0.6) is 0 Å². The normalized spacial score (nSPS) is 12.6. The molecule has 1 aromatic rings. The molecule has 0 spiro atoms. The van der Waals surface area contributed by atoms with Gasteiger partial charge in [0, 0.05) is 11.5 Å². The van der Waals surface area contributed by atoms with Gasteiger partial charge in [-0.1, -0.05) is 26.0 Å². The Balaban J connectivity index is 2.55. The summed E-state index contributed by atoms with van der Waals surface area (Å²) in [5.74, 6) is 1.12. The molecule has 0 amide bonds. The monoisotopic (exact) mass is 253 g/mol. The van der Waals surface area contributed by atoms with Gasteiger partial charge in [0.1, 0.15) is 0 Å². The predicted molar refractivity (Wildman–Crippen MR) is 75.8 cm³/mol. The van der Waals surface area contributed by atoms with E-state index in [9.17, 15) is 0 Å². The van der Waals surface area contributed by atoms with Crippen molar-refractivity contribution in [1.82, 2.24) is 5.32 Å². The minimum absolute atomic E-state index is 0.294. The van der Waals surface area contributed by atoms with Crippen LogP contribution in [-0.2, 0) is 4.74 Å². The molecule has 1 rings (SSSR count). The van der Waals surface area contributed by atoms with Gasteiger partial charge in [-0.25, -0.2) is 0 Å². The minimum Gasteiger partial charge on any atom is -0.379 e. The molecule has 0 fully saturated rings. The Bertz CT molecular complexity index is 300. The molecule has 1 N–H and O–H groups in total. The van der Waals surface area contributed by atoms with Crippen molar-refractivity contribution in [1.29, 1.82) is 0 Å². The third kappa shape index (κ3) is 5.11. The number of hydrogen-bond acceptors (Lipinski definition) is 3. The number of rotatable bonds is 8. The van der Waals surface area contributed by atoms with E-state index in [1.165, 1.54) is 10.5 Å². The topological polar surface area (TPSA) is 21.3 Å². The molecule has 1 aromatic carbocycles. The SMILES string of the molecule is CCCOCC(NC)c1ccc(SCC)cc1. The van der Waals surface area contributed by atoms with Crippen LogP contribution in [0.4, 0.5) is 0 Å². The smallest absolute Gasteiger partial charge is 0.0661 e. The maximum atomic E-state index is 5.60. The number of hydrogen-bond donors (Lipinski definition) is 1. The quantitative estimate of drug-likeness (QED) is 0.566. The number of nitrogens with one attached hydrogen (secondary N) is 1. The van der Waals surface area contributed by atoms with Crippen molar-refractivity contribution in [3.63, 3.8) is 0 Å². The van der Waals surface area contributed by atoms with Crippen LogP contribution in [0, 0.1) is 0 Å². The van der Waals surface area contributed by atoms with E-state index in [0.29, 0.717) is 6.04 Å². The van der Waals surface area contributed by atoms with Crippen LogP contribution < -0.4 is 5.32 Å². The van der Waals surface area contributed by atoms with Crippen molar-refractivity contribution < 1.29 is 4.74 Å². The maximum absolute atomic E-state index is 5.60. The Labute approximate surface area is 109 Å². The highest BCUT2D eigenvalue weighted by Crippen LogP contribution is 2.20. The lowest BCUT2D eigenvalue weighted by atomic mass is 10.1. The molecule has 1 atom stereocenters. The number of benzene rings is 1. The molecule has 96 valence electrons. The summed E-state index contributed by atoms with van der Waals surface area (Å²) >= 11 is 1.87. The fraction of sp³-hybridized carbons (Fsp3) is 0.571. The molecule has 17 heavy (non-hydrogen) atoms. The third-order valence-corrected chi connectivity index (χ3v) is 3.47. The zero-order chi connectivity index (χ0) is 12.5. The number of ether oxygens (including phenoxy) is 1. The molecule has 0 aliphatic carbocycles. The summed E-state index contributed by atoms with van der Waals surface area (Å²) in [6, 6.07) is 9.05. The first kappa shape index (κ1) is 14.6. The summed E-state index contributed by atoms with van der Waals surface area (Å²) in [6.07, 6.45) is 1.07. The molecule has 3 heteroatoms. The Morgan fingerprint density at radius 1 is 1.24 bits per heavy atom. The molecule has 2 nitrogen and oxygen atoms in total. The molecule has 0 aliphatic rings. The van der Waals surface area contributed by atoms with Crippen LogP contribution in [0.2, 0.25) is 0 Å². The lowest BCUT2D eigenvalue weighted by Gasteiger charge is -2.17. The van der Waals surface area contributed by atoms with E-state index in [2.05, 4.69) is 43.4 Å². The average molecular weight is 253 g/mol. The van der Waals surface area contributed by atoms with Gasteiger partial charge in [0.15, 0.2) is 0 Å². The van der Waals surface area contributed by atoms with E-state index < -0.39 is 0 Å². The van der Waals surface area contributed by atoms with E-state index in [0.717, 1.165) is 25.4 Å². The largest absolute Gasteiger partial charge is 0.379 e. The van der Waals surface area contributed by atoms with E-state index >= 15 is 0 Å². The third-order valence-electron chi connectivity index (χ3n) is 2.57. The summed E-state index contributed by atoms with van der Waals surface area (Å²) in [7, 11) is 1.98. The lowest BCUT2D eigenvalue weighted by Crippen LogP contribution is -2.21. The minimum atomic E-state index is 0.294. The highest BCUT2D eigenvalue weighted by molar-refractivity contribution is 7.99. The maximum Gasteiger partial charge on any atom is 0.0661 e. The van der Waals surface area contributed by atoms with Gasteiger partial charge in [-0.05, 0) is 36.9 Å². The second-order valence-electron chi connectivity index (χ2n) is 3.92. The second-order valence-corrected chi connectivity index (χ2v) is 5.26. The van der Waals surface area contributed by atoms with E-state index in [-0.39, 0.29) is 0 Å². The molecular weight excluding hydrogens is 230 g/mol. The first-order valence-corrected chi connectivity index (χ1v) is 7.28. The summed E-state index contributed by atoms with van der Waals surface area (Å²) < 4.78 is 5.60. The van der Waals surface area contributed by atoms with E-state index in [1.807, 2.05) is 18.8 Å². The highest BCUT2D eigenvalue weighted by atomic mass is 32.2. The number of thioether (sulfide) groups is 1.